The largest absolute Gasteiger partial charge is 0.494 e. The minimum Gasteiger partial charge on any atom is -0.494 e. The average Bonchev–Trinajstić information content (AvgIpc) is 2.38. The topological polar surface area (TPSA) is 45.0 Å². The fourth-order valence-electron chi connectivity index (χ4n) is 1.52. The van der Waals surface area contributed by atoms with E-state index in [9.17, 15) is 8.78 Å². The van der Waals surface area contributed by atoms with Crippen molar-refractivity contribution in [3.05, 3.63) is 29.3 Å². The van der Waals surface area contributed by atoms with Crippen LogP contribution in [0.5, 0.6) is 5.75 Å². The van der Waals surface area contributed by atoms with Gasteiger partial charge >= 0.3 is 0 Å². The molecule has 0 spiro atoms. The van der Waals surface area contributed by atoms with Crippen molar-refractivity contribution < 1.29 is 13.5 Å². The molecule has 0 saturated heterocycles. The van der Waals surface area contributed by atoms with Gasteiger partial charge in [-0.3, -0.25) is 0 Å². The molecule has 1 aromatic rings. The molecule has 3 nitrogen and oxygen atoms in total. The van der Waals surface area contributed by atoms with Crippen molar-refractivity contribution in [2.75, 3.05) is 13.7 Å². The molecule has 1 unspecified atom stereocenters. The van der Waals surface area contributed by atoms with Crippen molar-refractivity contribution in [2.24, 2.45) is 5.92 Å². The Morgan fingerprint density at radius 3 is 2.67 bits per heavy atom. The summed E-state index contributed by atoms with van der Waals surface area (Å²) >= 11 is 0. The third-order valence-corrected chi connectivity index (χ3v) is 2.70. The van der Waals surface area contributed by atoms with Crippen LogP contribution in [0.1, 0.15) is 18.9 Å². The highest BCUT2D eigenvalue weighted by molar-refractivity contribution is 5.30. The lowest BCUT2D eigenvalue weighted by Crippen LogP contribution is -2.21. The number of nitrogens with zero attached hydrogens (tertiary/aromatic N) is 1. The Morgan fingerprint density at radius 1 is 1.39 bits per heavy atom. The summed E-state index contributed by atoms with van der Waals surface area (Å²) in [6, 6.07) is 4.26. The highest BCUT2D eigenvalue weighted by atomic mass is 19.1. The Bertz CT molecular complexity index is 443. The Hall–Kier alpha value is -1.67. The first-order chi connectivity index (χ1) is 8.62. The van der Waals surface area contributed by atoms with E-state index in [1.165, 1.54) is 7.11 Å². The van der Waals surface area contributed by atoms with Gasteiger partial charge in [-0.2, -0.15) is 5.26 Å². The van der Waals surface area contributed by atoms with Crippen LogP contribution in [0.4, 0.5) is 8.78 Å². The smallest absolute Gasteiger partial charge is 0.165 e. The van der Waals surface area contributed by atoms with Gasteiger partial charge in [0.25, 0.3) is 0 Å². The summed E-state index contributed by atoms with van der Waals surface area (Å²) in [6.45, 7) is 2.55. The zero-order valence-electron chi connectivity index (χ0n) is 10.5. The number of nitrogens with one attached hydrogen (secondary N) is 1. The van der Waals surface area contributed by atoms with Gasteiger partial charge in [-0.1, -0.05) is 6.92 Å². The van der Waals surface area contributed by atoms with E-state index in [-0.39, 0.29) is 23.8 Å². The molecule has 0 aliphatic heterocycles. The van der Waals surface area contributed by atoms with Crippen LogP contribution in [0.15, 0.2) is 12.1 Å². The summed E-state index contributed by atoms with van der Waals surface area (Å²) in [5, 5.41) is 11.7. The average molecular weight is 254 g/mol. The molecule has 0 aromatic heterocycles. The van der Waals surface area contributed by atoms with E-state index >= 15 is 0 Å². The van der Waals surface area contributed by atoms with Gasteiger partial charge in [0.1, 0.15) is 5.82 Å². The van der Waals surface area contributed by atoms with Crippen molar-refractivity contribution in [1.82, 2.24) is 5.32 Å². The molecule has 0 saturated carbocycles. The Kier molecular flexibility index (Phi) is 5.53. The fourth-order valence-corrected chi connectivity index (χ4v) is 1.52. The summed E-state index contributed by atoms with van der Waals surface area (Å²) in [7, 11) is 1.29. The quantitative estimate of drug-likeness (QED) is 0.848. The molecule has 1 atom stereocenters. The first-order valence-corrected chi connectivity index (χ1v) is 5.74. The molecule has 5 heteroatoms. The van der Waals surface area contributed by atoms with Gasteiger partial charge in [-0.05, 0) is 12.5 Å². The molecule has 1 aromatic carbocycles. The second kappa shape index (κ2) is 6.92. The Labute approximate surface area is 105 Å². The van der Waals surface area contributed by atoms with Gasteiger partial charge in [-0.15, -0.1) is 0 Å². The van der Waals surface area contributed by atoms with E-state index in [1.807, 2.05) is 6.92 Å². The number of benzene rings is 1. The van der Waals surface area contributed by atoms with E-state index in [0.717, 1.165) is 18.6 Å². The van der Waals surface area contributed by atoms with Gasteiger partial charge in [0.2, 0.25) is 0 Å². The minimum atomic E-state index is -0.594. The van der Waals surface area contributed by atoms with Gasteiger partial charge in [0.05, 0.1) is 19.1 Å². The van der Waals surface area contributed by atoms with Crippen molar-refractivity contribution in [1.29, 1.82) is 5.26 Å². The standard InChI is InChI=1S/C13H16F2N2O/c1-3-9(6-16)7-17-8-10-4-12(15)13(18-2)5-11(10)14/h4-5,9,17H,3,7-8H2,1-2H3. The summed E-state index contributed by atoms with van der Waals surface area (Å²) < 4.78 is 31.6. The third kappa shape index (κ3) is 3.67. The number of halogens is 2. The van der Waals surface area contributed by atoms with E-state index in [4.69, 9.17) is 5.26 Å². The van der Waals surface area contributed by atoms with Crippen LogP contribution in [-0.2, 0) is 6.54 Å². The molecule has 0 radical (unpaired) electrons. The van der Waals surface area contributed by atoms with E-state index in [0.29, 0.717) is 6.54 Å². The first-order valence-electron chi connectivity index (χ1n) is 5.74. The molecule has 1 N–H and O–H groups in total. The number of ether oxygens (including phenoxy) is 1. The van der Waals surface area contributed by atoms with Crippen LogP contribution in [0.3, 0.4) is 0 Å². The molecule has 0 fully saturated rings. The summed E-state index contributed by atoms with van der Waals surface area (Å²) in [5.74, 6) is -1.34. The lowest BCUT2D eigenvalue weighted by Gasteiger charge is -2.10. The molecule has 0 aliphatic rings. The normalized spacial score (nSPS) is 11.9. The number of nitriles is 1. The summed E-state index contributed by atoms with van der Waals surface area (Å²) in [5.41, 5.74) is 0.223. The molecule has 0 aliphatic carbocycles. The van der Waals surface area contributed by atoms with Crippen LogP contribution in [-0.4, -0.2) is 13.7 Å². The van der Waals surface area contributed by atoms with Crippen LogP contribution in [0.25, 0.3) is 0 Å². The molecule has 1 rings (SSSR count). The molecule has 98 valence electrons. The van der Waals surface area contributed by atoms with Crippen LogP contribution >= 0.6 is 0 Å². The van der Waals surface area contributed by atoms with E-state index < -0.39 is 11.6 Å². The molecule has 18 heavy (non-hydrogen) atoms. The second-order valence-electron chi connectivity index (χ2n) is 3.94. The van der Waals surface area contributed by atoms with Gasteiger partial charge in [0.15, 0.2) is 11.6 Å². The number of hydrogen-bond donors (Lipinski definition) is 1. The first kappa shape index (κ1) is 14.4. The number of rotatable bonds is 6. The van der Waals surface area contributed by atoms with Crippen molar-refractivity contribution in [3.8, 4) is 11.8 Å². The maximum atomic E-state index is 13.6. The van der Waals surface area contributed by atoms with Crippen molar-refractivity contribution in [2.45, 2.75) is 19.9 Å². The van der Waals surface area contributed by atoms with Crippen molar-refractivity contribution >= 4 is 0 Å². The summed E-state index contributed by atoms with van der Waals surface area (Å²) in [4.78, 5) is 0. The van der Waals surface area contributed by atoms with E-state index in [1.54, 1.807) is 0 Å². The second-order valence-corrected chi connectivity index (χ2v) is 3.94. The van der Waals surface area contributed by atoms with Gasteiger partial charge in [0, 0.05) is 24.7 Å². The predicted molar refractivity (Wildman–Crippen MR) is 64.0 cm³/mol. The van der Waals surface area contributed by atoms with Gasteiger partial charge < -0.3 is 10.1 Å². The third-order valence-electron chi connectivity index (χ3n) is 2.70. The molecular formula is C13H16F2N2O. The highest BCUT2D eigenvalue weighted by Gasteiger charge is 2.11. The zero-order chi connectivity index (χ0) is 13.5. The molecule has 0 amide bonds. The van der Waals surface area contributed by atoms with Crippen LogP contribution in [0, 0.1) is 28.9 Å². The Balaban J connectivity index is 2.63. The summed E-state index contributed by atoms with van der Waals surface area (Å²) in [6.07, 6.45) is 0.725. The lowest BCUT2D eigenvalue weighted by molar-refractivity contribution is 0.381. The minimum absolute atomic E-state index is 0.111. The zero-order valence-corrected chi connectivity index (χ0v) is 10.5. The number of hydrogen-bond acceptors (Lipinski definition) is 3. The maximum absolute atomic E-state index is 13.6. The van der Waals surface area contributed by atoms with Crippen LogP contribution < -0.4 is 10.1 Å². The fraction of sp³-hybridized carbons (Fsp3) is 0.462. The lowest BCUT2D eigenvalue weighted by atomic mass is 10.1. The Morgan fingerprint density at radius 2 is 2.11 bits per heavy atom. The SMILES string of the molecule is CCC(C#N)CNCc1cc(F)c(OC)cc1F. The van der Waals surface area contributed by atoms with Gasteiger partial charge in [-0.25, -0.2) is 8.78 Å². The van der Waals surface area contributed by atoms with Crippen LogP contribution in [0.2, 0.25) is 0 Å². The van der Waals surface area contributed by atoms with Crippen molar-refractivity contribution in [3.63, 3.8) is 0 Å². The predicted octanol–water partition coefficient (Wildman–Crippen LogP) is 2.61. The molecular weight excluding hydrogens is 238 g/mol. The maximum Gasteiger partial charge on any atom is 0.165 e. The monoisotopic (exact) mass is 254 g/mol. The molecule has 0 heterocycles. The van der Waals surface area contributed by atoms with E-state index in [2.05, 4.69) is 16.1 Å². The number of methoxy groups -OCH3 is 1. The molecule has 0 bridgehead atoms. The highest BCUT2D eigenvalue weighted by Crippen LogP contribution is 2.21.